The van der Waals surface area contributed by atoms with Gasteiger partial charge < -0.3 is 10.2 Å². The lowest BCUT2D eigenvalue weighted by Gasteiger charge is -2.25. The van der Waals surface area contributed by atoms with Crippen LogP contribution in [-0.4, -0.2) is 35.8 Å². The second-order valence-corrected chi connectivity index (χ2v) is 3.95. The Balaban J connectivity index is 2.02. The highest BCUT2D eigenvalue weighted by atomic mass is 16.2. The Hall–Kier alpha value is -2.88. The molecule has 2 rings (SSSR count). The van der Waals surface area contributed by atoms with E-state index in [-0.39, 0.29) is 13.1 Å². The lowest BCUT2D eigenvalue weighted by Crippen LogP contribution is -2.54. The predicted molar refractivity (Wildman–Crippen MR) is 64.9 cm³/mol. The van der Waals surface area contributed by atoms with E-state index >= 15 is 0 Å². The molecule has 1 saturated heterocycles. The molecule has 0 atom stereocenters. The van der Waals surface area contributed by atoms with Crippen LogP contribution in [0.3, 0.4) is 0 Å². The molecule has 1 aromatic carbocycles. The summed E-state index contributed by atoms with van der Waals surface area (Å²) >= 11 is 0. The van der Waals surface area contributed by atoms with Crippen LogP contribution in [0, 0.1) is 11.3 Å². The molecule has 2 N–H and O–H groups in total. The Morgan fingerprint density at radius 1 is 1.21 bits per heavy atom. The van der Waals surface area contributed by atoms with Crippen LogP contribution in [0.4, 0.5) is 10.5 Å². The van der Waals surface area contributed by atoms with Crippen molar-refractivity contribution < 1.29 is 14.4 Å². The molecule has 0 unspecified atom stereocenters. The molecule has 7 nitrogen and oxygen atoms in total. The van der Waals surface area contributed by atoms with Crippen LogP contribution in [0.5, 0.6) is 0 Å². The lowest BCUT2D eigenvalue weighted by atomic mass is 10.2. The van der Waals surface area contributed by atoms with Gasteiger partial charge in [-0.05, 0) is 24.3 Å². The number of imide groups is 1. The molecule has 0 radical (unpaired) electrons. The normalized spacial score (nSPS) is 14.6. The van der Waals surface area contributed by atoms with Gasteiger partial charge >= 0.3 is 6.03 Å². The van der Waals surface area contributed by atoms with Crippen molar-refractivity contribution in [3.63, 3.8) is 0 Å². The summed E-state index contributed by atoms with van der Waals surface area (Å²) in [6.07, 6.45) is 0. The van der Waals surface area contributed by atoms with Gasteiger partial charge in [-0.2, -0.15) is 5.26 Å². The lowest BCUT2D eigenvalue weighted by molar-refractivity contribution is -0.134. The number of benzene rings is 1. The van der Waals surface area contributed by atoms with E-state index in [0.29, 0.717) is 11.3 Å². The van der Waals surface area contributed by atoms with Crippen molar-refractivity contribution in [1.29, 1.82) is 5.26 Å². The van der Waals surface area contributed by atoms with E-state index in [9.17, 15) is 14.4 Å². The highest BCUT2D eigenvalue weighted by Gasteiger charge is 2.26. The predicted octanol–water partition coefficient (Wildman–Crippen LogP) is 0.0486. The molecule has 19 heavy (non-hydrogen) atoms. The summed E-state index contributed by atoms with van der Waals surface area (Å²) in [5.74, 6) is -1.02. The maximum Gasteiger partial charge on any atom is 0.322 e. The summed E-state index contributed by atoms with van der Waals surface area (Å²) in [6, 6.07) is 7.69. The van der Waals surface area contributed by atoms with E-state index in [1.54, 1.807) is 24.3 Å². The van der Waals surface area contributed by atoms with Crippen molar-refractivity contribution >= 4 is 23.5 Å². The van der Waals surface area contributed by atoms with E-state index in [1.807, 2.05) is 6.07 Å². The standard InChI is InChI=1S/C12H10N4O3/c13-5-8-1-3-9(4-2-8)14-12(19)16-6-10(17)15-11(18)7-16/h1-4H,6-7H2,(H,14,19)(H,15,17,18). The first-order valence-electron chi connectivity index (χ1n) is 5.47. The highest BCUT2D eigenvalue weighted by Crippen LogP contribution is 2.10. The fourth-order valence-corrected chi connectivity index (χ4v) is 1.61. The van der Waals surface area contributed by atoms with Gasteiger partial charge in [0.25, 0.3) is 0 Å². The number of carbonyl (C=O) groups excluding carboxylic acids is 3. The number of piperazine rings is 1. The second kappa shape index (κ2) is 5.18. The van der Waals surface area contributed by atoms with Gasteiger partial charge in [-0.25, -0.2) is 4.79 Å². The molecule has 96 valence electrons. The molecule has 1 aliphatic heterocycles. The van der Waals surface area contributed by atoms with Crippen molar-refractivity contribution in [3.05, 3.63) is 29.8 Å². The molecule has 4 amide bonds. The first-order valence-corrected chi connectivity index (χ1v) is 5.47. The summed E-state index contributed by atoms with van der Waals surface area (Å²) in [5, 5.41) is 13.3. The van der Waals surface area contributed by atoms with E-state index in [2.05, 4.69) is 10.6 Å². The van der Waals surface area contributed by atoms with Crippen LogP contribution in [0.15, 0.2) is 24.3 Å². The average Bonchev–Trinajstić information content (AvgIpc) is 2.38. The minimum Gasteiger partial charge on any atom is -0.308 e. The SMILES string of the molecule is N#Cc1ccc(NC(=O)N2CC(=O)NC(=O)C2)cc1. The van der Waals surface area contributed by atoms with E-state index < -0.39 is 17.8 Å². The maximum absolute atomic E-state index is 11.8. The molecule has 1 aliphatic rings. The Morgan fingerprint density at radius 2 is 1.79 bits per heavy atom. The summed E-state index contributed by atoms with van der Waals surface area (Å²) in [7, 11) is 0. The number of anilines is 1. The van der Waals surface area contributed by atoms with Crippen molar-refractivity contribution in [1.82, 2.24) is 10.2 Å². The van der Waals surface area contributed by atoms with Gasteiger partial charge in [0.05, 0.1) is 11.6 Å². The number of nitrogens with one attached hydrogen (secondary N) is 2. The molecular weight excluding hydrogens is 248 g/mol. The van der Waals surface area contributed by atoms with Crippen LogP contribution < -0.4 is 10.6 Å². The zero-order chi connectivity index (χ0) is 13.8. The topological polar surface area (TPSA) is 102 Å². The third-order valence-corrected chi connectivity index (χ3v) is 2.50. The number of amides is 4. The molecular formula is C12H10N4O3. The maximum atomic E-state index is 11.8. The van der Waals surface area contributed by atoms with Crippen LogP contribution in [-0.2, 0) is 9.59 Å². The van der Waals surface area contributed by atoms with Gasteiger partial charge in [0.2, 0.25) is 11.8 Å². The fraction of sp³-hybridized carbons (Fsp3) is 0.167. The first-order chi connectivity index (χ1) is 9.08. The largest absolute Gasteiger partial charge is 0.322 e. The van der Waals surface area contributed by atoms with Crippen molar-refractivity contribution in [2.24, 2.45) is 0 Å². The Bertz CT molecular complexity index is 558. The van der Waals surface area contributed by atoms with E-state index in [4.69, 9.17) is 5.26 Å². The summed E-state index contributed by atoms with van der Waals surface area (Å²) in [5.41, 5.74) is 0.966. The third kappa shape index (κ3) is 3.07. The summed E-state index contributed by atoms with van der Waals surface area (Å²) < 4.78 is 0. The van der Waals surface area contributed by atoms with Gasteiger partial charge in [0, 0.05) is 5.69 Å². The quantitative estimate of drug-likeness (QED) is 0.694. The number of nitriles is 1. The Kier molecular flexibility index (Phi) is 3.43. The summed E-state index contributed by atoms with van der Waals surface area (Å²) in [4.78, 5) is 35.2. The molecule has 0 bridgehead atoms. The van der Waals surface area contributed by atoms with E-state index in [1.165, 1.54) is 0 Å². The molecule has 1 fully saturated rings. The zero-order valence-electron chi connectivity index (χ0n) is 9.84. The summed E-state index contributed by atoms with van der Waals surface area (Å²) in [6.45, 7) is -0.318. The monoisotopic (exact) mass is 258 g/mol. The highest BCUT2D eigenvalue weighted by molar-refractivity contribution is 6.04. The fourth-order valence-electron chi connectivity index (χ4n) is 1.61. The van der Waals surface area contributed by atoms with Gasteiger partial charge in [-0.15, -0.1) is 0 Å². The van der Waals surface area contributed by atoms with Gasteiger partial charge in [0.1, 0.15) is 13.1 Å². The number of carbonyl (C=O) groups is 3. The minimum atomic E-state index is -0.534. The van der Waals surface area contributed by atoms with Gasteiger partial charge in [0.15, 0.2) is 0 Å². The Labute approximate surface area is 108 Å². The molecule has 0 aromatic heterocycles. The van der Waals surface area contributed by atoms with Crippen LogP contribution >= 0.6 is 0 Å². The first kappa shape index (κ1) is 12.6. The van der Waals surface area contributed by atoms with Crippen LogP contribution in [0.2, 0.25) is 0 Å². The molecule has 0 aliphatic carbocycles. The number of rotatable bonds is 1. The van der Waals surface area contributed by atoms with Crippen LogP contribution in [0.25, 0.3) is 0 Å². The Morgan fingerprint density at radius 3 is 2.32 bits per heavy atom. The van der Waals surface area contributed by atoms with Crippen molar-refractivity contribution in [2.45, 2.75) is 0 Å². The van der Waals surface area contributed by atoms with Crippen molar-refractivity contribution in [2.75, 3.05) is 18.4 Å². The average molecular weight is 258 g/mol. The molecule has 0 saturated carbocycles. The van der Waals surface area contributed by atoms with Gasteiger partial charge in [-0.1, -0.05) is 0 Å². The number of nitrogens with zero attached hydrogens (tertiary/aromatic N) is 2. The number of urea groups is 1. The minimum absolute atomic E-state index is 0.159. The number of hydrogen-bond donors (Lipinski definition) is 2. The second-order valence-electron chi connectivity index (χ2n) is 3.95. The molecule has 7 heteroatoms. The third-order valence-electron chi connectivity index (χ3n) is 2.50. The van der Waals surface area contributed by atoms with Crippen molar-refractivity contribution in [3.8, 4) is 6.07 Å². The smallest absolute Gasteiger partial charge is 0.308 e. The van der Waals surface area contributed by atoms with Crippen LogP contribution in [0.1, 0.15) is 5.56 Å². The van der Waals surface area contributed by atoms with E-state index in [0.717, 1.165) is 4.90 Å². The number of hydrogen-bond acceptors (Lipinski definition) is 4. The molecule has 1 heterocycles. The molecule has 1 aromatic rings. The molecule has 0 spiro atoms. The zero-order valence-corrected chi connectivity index (χ0v) is 9.84. The van der Waals surface area contributed by atoms with Gasteiger partial charge in [-0.3, -0.25) is 14.9 Å².